The molecule has 9 heteroatoms. The van der Waals surface area contributed by atoms with Crippen molar-refractivity contribution in [1.82, 2.24) is 0 Å². The van der Waals surface area contributed by atoms with Gasteiger partial charge in [0.15, 0.2) is 30.4 Å². The van der Waals surface area contributed by atoms with Crippen LogP contribution in [0, 0.1) is 0 Å². The molecule has 2 aliphatic rings. The molecule has 0 aromatic carbocycles. The van der Waals surface area contributed by atoms with E-state index in [1.807, 2.05) is 20.8 Å². The highest BCUT2D eigenvalue weighted by atomic mass is 16.8. The quantitative estimate of drug-likeness (QED) is 0.361. The molecule has 172 valence electrons. The summed E-state index contributed by atoms with van der Waals surface area (Å²) in [5.74, 6) is -2.17. The van der Waals surface area contributed by atoms with Crippen molar-refractivity contribution in [3.05, 3.63) is 0 Å². The Morgan fingerprint density at radius 1 is 0.900 bits per heavy atom. The van der Waals surface area contributed by atoms with Crippen molar-refractivity contribution < 1.29 is 42.8 Å². The van der Waals surface area contributed by atoms with E-state index in [-0.39, 0.29) is 25.9 Å². The molecule has 0 radical (unpaired) electrons. The maximum Gasteiger partial charge on any atom is 0.306 e. The number of hydrogen-bond donors (Lipinski definition) is 0. The molecular formula is C21H34O9. The van der Waals surface area contributed by atoms with Crippen molar-refractivity contribution in [3.63, 3.8) is 0 Å². The van der Waals surface area contributed by atoms with Gasteiger partial charge in [0.1, 0.15) is 12.7 Å². The highest BCUT2D eigenvalue weighted by molar-refractivity contribution is 5.71. The zero-order chi connectivity index (χ0) is 22.3. The monoisotopic (exact) mass is 430 g/mol. The van der Waals surface area contributed by atoms with Gasteiger partial charge >= 0.3 is 17.9 Å². The second kappa shape index (κ2) is 11.1. The average molecular weight is 430 g/mol. The standard InChI is InChI=1S/C21H34O9/c1-6-9-14(22)25-12-13(26-15(23)10-7-2)17-18(27-16(24)11-8-3)19-20(28-17)30-21(4,5)29-19/h13,17-20H,6-12H2,1-5H3/t13-,17-,18+,19-,20-/m1/s1. The van der Waals surface area contributed by atoms with Crippen molar-refractivity contribution >= 4 is 17.9 Å². The van der Waals surface area contributed by atoms with Gasteiger partial charge in [-0.15, -0.1) is 0 Å². The van der Waals surface area contributed by atoms with Crippen LogP contribution in [0.5, 0.6) is 0 Å². The summed E-state index contributed by atoms with van der Waals surface area (Å²) in [5.41, 5.74) is 0. The largest absolute Gasteiger partial charge is 0.462 e. The summed E-state index contributed by atoms with van der Waals surface area (Å²) < 4.78 is 34.1. The minimum absolute atomic E-state index is 0.205. The van der Waals surface area contributed by atoms with Crippen LogP contribution in [0.2, 0.25) is 0 Å². The third-order valence-electron chi connectivity index (χ3n) is 4.71. The summed E-state index contributed by atoms with van der Waals surface area (Å²) in [4.78, 5) is 36.3. The van der Waals surface area contributed by atoms with Gasteiger partial charge in [-0.25, -0.2) is 0 Å². The van der Waals surface area contributed by atoms with Crippen molar-refractivity contribution in [1.29, 1.82) is 0 Å². The first-order chi connectivity index (χ1) is 14.2. The van der Waals surface area contributed by atoms with Crippen LogP contribution in [0.1, 0.15) is 73.1 Å². The van der Waals surface area contributed by atoms with Gasteiger partial charge in [0, 0.05) is 19.3 Å². The predicted octanol–water partition coefficient (Wildman–Crippen LogP) is 2.63. The molecule has 0 aliphatic carbocycles. The van der Waals surface area contributed by atoms with Crippen molar-refractivity contribution in [3.8, 4) is 0 Å². The zero-order valence-electron chi connectivity index (χ0n) is 18.5. The number of rotatable bonds is 11. The molecule has 0 spiro atoms. The lowest BCUT2D eigenvalue weighted by Crippen LogP contribution is -2.47. The van der Waals surface area contributed by atoms with E-state index in [0.717, 1.165) is 0 Å². The number of carbonyl (C=O) groups excluding carboxylic acids is 3. The van der Waals surface area contributed by atoms with Crippen LogP contribution in [0.4, 0.5) is 0 Å². The molecule has 9 nitrogen and oxygen atoms in total. The fraction of sp³-hybridized carbons (Fsp3) is 0.857. The molecule has 0 saturated carbocycles. The molecule has 2 heterocycles. The number of esters is 3. The first kappa shape index (κ1) is 24.6. The topological polar surface area (TPSA) is 107 Å². The normalized spacial score (nSPS) is 27.9. The Bertz CT molecular complexity index is 603. The van der Waals surface area contributed by atoms with E-state index < -0.39 is 54.4 Å². The SMILES string of the molecule is CCCC(=O)OC[C@@H](OC(=O)CCC)[C@H]1O[C@@H]2OC(C)(C)O[C@@H]2[C@H]1OC(=O)CCC. The molecule has 0 aromatic rings. The lowest BCUT2D eigenvalue weighted by atomic mass is 10.1. The Hall–Kier alpha value is -1.71. The van der Waals surface area contributed by atoms with Gasteiger partial charge in [-0.05, 0) is 33.1 Å². The van der Waals surface area contributed by atoms with Gasteiger partial charge < -0.3 is 28.4 Å². The van der Waals surface area contributed by atoms with Gasteiger partial charge in [-0.3, -0.25) is 14.4 Å². The summed E-state index contributed by atoms with van der Waals surface area (Å²) in [5, 5.41) is 0. The number of ether oxygens (including phenoxy) is 6. The van der Waals surface area contributed by atoms with E-state index in [2.05, 4.69) is 0 Å². The maximum absolute atomic E-state index is 12.2. The summed E-state index contributed by atoms with van der Waals surface area (Å²) in [7, 11) is 0. The first-order valence-corrected chi connectivity index (χ1v) is 10.8. The van der Waals surface area contributed by atoms with Crippen molar-refractivity contribution in [2.45, 2.75) is 110 Å². The van der Waals surface area contributed by atoms with Crippen LogP contribution in [-0.4, -0.2) is 61.0 Å². The van der Waals surface area contributed by atoms with E-state index in [9.17, 15) is 14.4 Å². The molecular weight excluding hydrogens is 396 g/mol. The van der Waals surface area contributed by atoms with Gasteiger partial charge in [-0.1, -0.05) is 20.8 Å². The highest BCUT2D eigenvalue weighted by Crippen LogP contribution is 2.40. The molecule has 30 heavy (non-hydrogen) atoms. The van der Waals surface area contributed by atoms with Gasteiger partial charge in [0.25, 0.3) is 0 Å². The highest BCUT2D eigenvalue weighted by Gasteiger charge is 2.59. The second-order valence-electron chi connectivity index (χ2n) is 7.99. The van der Waals surface area contributed by atoms with Gasteiger partial charge in [-0.2, -0.15) is 0 Å². The average Bonchev–Trinajstić information content (AvgIpc) is 3.12. The lowest BCUT2D eigenvalue weighted by Gasteiger charge is -2.30. The van der Waals surface area contributed by atoms with Crippen LogP contribution in [-0.2, 0) is 42.8 Å². The molecule has 0 bridgehead atoms. The molecule has 2 aliphatic heterocycles. The molecule has 5 atom stereocenters. The number of hydrogen-bond acceptors (Lipinski definition) is 9. The predicted molar refractivity (Wildman–Crippen MR) is 104 cm³/mol. The summed E-state index contributed by atoms with van der Waals surface area (Å²) >= 11 is 0. The first-order valence-electron chi connectivity index (χ1n) is 10.8. The Morgan fingerprint density at radius 3 is 2.13 bits per heavy atom. The van der Waals surface area contributed by atoms with E-state index in [1.165, 1.54) is 0 Å². The van der Waals surface area contributed by atoms with Crippen LogP contribution in [0.3, 0.4) is 0 Å². The molecule has 2 rings (SSSR count). The smallest absolute Gasteiger partial charge is 0.306 e. The molecule has 0 amide bonds. The Kier molecular flexibility index (Phi) is 9.06. The molecule has 2 fully saturated rings. The van der Waals surface area contributed by atoms with Crippen molar-refractivity contribution in [2.75, 3.05) is 6.61 Å². The second-order valence-corrected chi connectivity index (χ2v) is 7.99. The minimum Gasteiger partial charge on any atom is -0.462 e. The maximum atomic E-state index is 12.2. The Morgan fingerprint density at radius 2 is 1.50 bits per heavy atom. The van der Waals surface area contributed by atoms with E-state index >= 15 is 0 Å². The summed E-state index contributed by atoms with van der Waals surface area (Å²) in [6, 6.07) is 0. The van der Waals surface area contributed by atoms with Crippen LogP contribution >= 0.6 is 0 Å². The molecule has 2 saturated heterocycles. The lowest BCUT2D eigenvalue weighted by molar-refractivity contribution is -0.235. The Labute approximate surface area is 177 Å². The van der Waals surface area contributed by atoms with E-state index in [0.29, 0.717) is 19.3 Å². The molecule has 0 aromatic heterocycles. The minimum atomic E-state index is -0.954. The fourth-order valence-corrected chi connectivity index (χ4v) is 3.43. The number of fused-ring (bicyclic) bond motifs is 1. The Balaban J connectivity index is 2.19. The molecule has 0 N–H and O–H groups in total. The van der Waals surface area contributed by atoms with E-state index in [4.69, 9.17) is 28.4 Å². The van der Waals surface area contributed by atoms with Crippen LogP contribution in [0.25, 0.3) is 0 Å². The van der Waals surface area contributed by atoms with E-state index in [1.54, 1.807) is 13.8 Å². The zero-order valence-corrected chi connectivity index (χ0v) is 18.5. The van der Waals surface area contributed by atoms with Gasteiger partial charge in [0.05, 0.1) is 0 Å². The third-order valence-corrected chi connectivity index (χ3v) is 4.71. The van der Waals surface area contributed by atoms with Gasteiger partial charge in [0.2, 0.25) is 0 Å². The summed E-state index contributed by atoms with van der Waals surface area (Å²) in [6.07, 6.45) is -1.61. The van der Waals surface area contributed by atoms with Crippen LogP contribution < -0.4 is 0 Å². The fourth-order valence-electron chi connectivity index (χ4n) is 3.43. The summed E-state index contributed by atoms with van der Waals surface area (Å²) in [6.45, 7) is 8.85. The number of carbonyl (C=O) groups is 3. The third kappa shape index (κ3) is 6.65. The van der Waals surface area contributed by atoms with Crippen LogP contribution in [0.15, 0.2) is 0 Å². The molecule has 0 unspecified atom stereocenters. The van der Waals surface area contributed by atoms with Crippen molar-refractivity contribution in [2.24, 2.45) is 0 Å².